The number of halogens is 2. The van der Waals surface area contributed by atoms with E-state index in [0.717, 1.165) is 28.2 Å². The van der Waals surface area contributed by atoms with Crippen LogP contribution in [0, 0.1) is 25.2 Å². The number of rotatable bonds is 3. The van der Waals surface area contributed by atoms with Gasteiger partial charge >= 0.3 is 0 Å². The Morgan fingerprint density at radius 1 is 0.960 bits per heavy atom. The van der Waals surface area contributed by atoms with Gasteiger partial charge in [0.05, 0.1) is 11.6 Å². The molecule has 0 aliphatic rings. The number of allylic oxidation sites excluding steroid dienone is 1. The van der Waals surface area contributed by atoms with Crippen molar-refractivity contribution in [2.75, 3.05) is 0 Å². The fraction of sp³-hybridized carbons (Fsp3) is 0.0952. The van der Waals surface area contributed by atoms with Gasteiger partial charge in [0.1, 0.15) is 0 Å². The summed E-state index contributed by atoms with van der Waals surface area (Å²) in [5, 5.41) is 10.9. The minimum absolute atomic E-state index is 0.605. The normalized spacial score (nSPS) is 11.4. The van der Waals surface area contributed by atoms with Crippen LogP contribution in [0.25, 0.3) is 17.3 Å². The van der Waals surface area contributed by atoms with Gasteiger partial charge in [-0.25, -0.2) is 0 Å². The minimum atomic E-state index is 0.605. The zero-order chi connectivity index (χ0) is 18.0. The van der Waals surface area contributed by atoms with Crippen LogP contribution in [-0.4, -0.2) is 4.57 Å². The van der Waals surface area contributed by atoms with Gasteiger partial charge in [-0.3, -0.25) is 0 Å². The Kier molecular flexibility index (Phi) is 4.99. The molecule has 0 saturated carbocycles. The third-order valence-corrected chi connectivity index (χ3v) is 4.63. The molecular weight excluding hydrogens is 351 g/mol. The Balaban J connectivity index is 2.06. The summed E-state index contributed by atoms with van der Waals surface area (Å²) in [5.74, 6) is 0. The number of hydrogen-bond donors (Lipinski definition) is 0. The van der Waals surface area contributed by atoms with Gasteiger partial charge in [0.15, 0.2) is 0 Å². The molecule has 0 saturated heterocycles. The second-order valence-electron chi connectivity index (χ2n) is 5.82. The van der Waals surface area contributed by atoms with Gasteiger partial charge in [0, 0.05) is 27.1 Å². The first-order valence-electron chi connectivity index (χ1n) is 7.82. The lowest BCUT2D eigenvalue weighted by molar-refractivity contribution is 0.964. The Morgan fingerprint density at radius 2 is 1.52 bits per heavy atom. The topological polar surface area (TPSA) is 28.7 Å². The van der Waals surface area contributed by atoms with Gasteiger partial charge in [-0.2, -0.15) is 5.26 Å². The van der Waals surface area contributed by atoms with E-state index in [9.17, 15) is 5.26 Å². The highest BCUT2D eigenvalue weighted by Crippen LogP contribution is 2.26. The van der Waals surface area contributed by atoms with E-state index in [1.54, 1.807) is 12.1 Å². The average molecular weight is 367 g/mol. The number of nitrogens with zero attached hydrogens (tertiary/aromatic N) is 2. The van der Waals surface area contributed by atoms with Crippen molar-refractivity contribution in [2.24, 2.45) is 0 Å². The molecule has 0 bridgehead atoms. The monoisotopic (exact) mass is 366 g/mol. The van der Waals surface area contributed by atoms with Crippen molar-refractivity contribution >= 4 is 34.9 Å². The summed E-state index contributed by atoms with van der Waals surface area (Å²) in [6.07, 6.45) is 1.91. The van der Waals surface area contributed by atoms with E-state index in [4.69, 9.17) is 23.2 Å². The van der Waals surface area contributed by atoms with Crippen LogP contribution in [0.1, 0.15) is 22.5 Å². The maximum atomic E-state index is 9.55. The zero-order valence-corrected chi connectivity index (χ0v) is 15.4. The van der Waals surface area contributed by atoms with Crippen molar-refractivity contribution in [3.05, 3.63) is 87.2 Å². The molecule has 0 N–H and O–H groups in total. The molecule has 2 aromatic carbocycles. The molecule has 0 radical (unpaired) electrons. The van der Waals surface area contributed by atoms with Gasteiger partial charge in [-0.15, -0.1) is 0 Å². The molecule has 0 aliphatic carbocycles. The largest absolute Gasteiger partial charge is 0.318 e. The number of benzene rings is 2. The number of aryl methyl sites for hydroxylation is 1. The van der Waals surface area contributed by atoms with Crippen LogP contribution < -0.4 is 0 Å². The predicted molar refractivity (Wildman–Crippen MR) is 105 cm³/mol. The summed E-state index contributed by atoms with van der Waals surface area (Å²) in [6.45, 7) is 4.09. The number of nitriles is 1. The molecule has 2 nitrogen and oxygen atoms in total. The van der Waals surface area contributed by atoms with Crippen LogP contribution in [0.5, 0.6) is 0 Å². The van der Waals surface area contributed by atoms with Gasteiger partial charge in [0.2, 0.25) is 0 Å². The fourth-order valence-electron chi connectivity index (χ4n) is 2.89. The maximum Gasteiger partial charge on any atom is 0.0998 e. The Labute approximate surface area is 157 Å². The molecule has 3 rings (SSSR count). The van der Waals surface area contributed by atoms with Gasteiger partial charge in [0.25, 0.3) is 0 Å². The molecule has 0 aliphatic heterocycles. The lowest BCUT2D eigenvalue weighted by atomic mass is 10.0. The second kappa shape index (κ2) is 7.19. The van der Waals surface area contributed by atoms with Gasteiger partial charge in [-0.05, 0) is 73.5 Å². The van der Waals surface area contributed by atoms with Crippen LogP contribution in [-0.2, 0) is 0 Å². The molecule has 3 aromatic rings. The molecule has 1 heterocycles. The van der Waals surface area contributed by atoms with E-state index in [1.165, 1.54) is 0 Å². The van der Waals surface area contributed by atoms with E-state index in [2.05, 4.69) is 16.7 Å². The van der Waals surface area contributed by atoms with Gasteiger partial charge < -0.3 is 4.57 Å². The lowest BCUT2D eigenvalue weighted by Crippen LogP contribution is -1.98. The standard InChI is InChI=1S/C21H16Cl2N2/c1-14-11-17(12-18(13-24)16-3-5-19(22)6-4-16)15(2)25(14)21-9-7-20(23)8-10-21/h3-12H,1-2H3/b18-12-. The van der Waals surface area contributed by atoms with Crippen molar-refractivity contribution in [3.63, 3.8) is 0 Å². The van der Waals surface area contributed by atoms with E-state index in [1.807, 2.05) is 56.3 Å². The summed E-state index contributed by atoms with van der Waals surface area (Å²) in [5.41, 5.74) is 5.68. The third-order valence-electron chi connectivity index (χ3n) is 4.13. The fourth-order valence-corrected chi connectivity index (χ4v) is 3.14. The summed E-state index contributed by atoms with van der Waals surface area (Å²) >= 11 is 11.9. The smallest absolute Gasteiger partial charge is 0.0998 e. The summed E-state index contributed by atoms with van der Waals surface area (Å²) in [4.78, 5) is 0. The average Bonchev–Trinajstić information content (AvgIpc) is 2.88. The SMILES string of the molecule is Cc1cc(/C=C(/C#N)c2ccc(Cl)cc2)c(C)n1-c1ccc(Cl)cc1. The lowest BCUT2D eigenvalue weighted by Gasteiger charge is -2.09. The quantitative estimate of drug-likeness (QED) is 0.488. The number of hydrogen-bond acceptors (Lipinski definition) is 1. The highest BCUT2D eigenvalue weighted by atomic mass is 35.5. The van der Waals surface area contributed by atoms with E-state index in [0.29, 0.717) is 15.6 Å². The van der Waals surface area contributed by atoms with Crippen LogP contribution in [0.2, 0.25) is 10.0 Å². The molecule has 0 atom stereocenters. The second-order valence-corrected chi connectivity index (χ2v) is 6.69. The van der Waals surface area contributed by atoms with Crippen molar-refractivity contribution in [2.45, 2.75) is 13.8 Å². The van der Waals surface area contributed by atoms with Crippen molar-refractivity contribution < 1.29 is 0 Å². The van der Waals surface area contributed by atoms with Crippen molar-refractivity contribution in [1.29, 1.82) is 5.26 Å². The Bertz CT molecular complexity index is 972. The van der Waals surface area contributed by atoms with E-state index in [-0.39, 0.29) is 0 Å². The molecule has 0 unspecified atom stereocenters. The van der Waals surface area contributed by atoms with E-state index >= 15 is 0 Å². The highest BCUT2D eigenvalue weighted by molar-refractivity contribution is 6.30. The summed E-state index contributed by atoms with van der Waals surface area (Å²) < 4.78 is 2.15. The van der Waals surface area contributed by atoms with Crippen molar-refractivity contribution in [3.8, 4) is 11.8 Å². The molecule has 0 fully saturated rings. The predicted octanol–water partition coefficient (Wildman–Crippen LogP) is 6.47. The van der Waals surface area contributed by atoms with Crippen LogP contribution in [0.3, 0.4) is 0 Å². The molecule has 0 spiro atoms. The van der Waals surface area contributed by atoms with Crippen LogP contribution >= 0.6 is 23.2 Å². The molecule has 25 heavy (non-hydrogen) atoms. The first kappa shape index (κ1) is 17.4. The van der Waals surface area contributed by atoms with E-state index < -0.39 is 0 Å². The van der Waals surface area contributed by atoms with Crippen molar-refractivity contribution in [1.82, 2.24) is 4.57 Å². The molecular formula is C21H16Cl2N2. The Hall–Kier alpha value is -2.47. The maximum absolute atomic E-state index is 9.55. The number of aromatic nitrogens is 1. The molecule has 124 valence electrons. The van der Waals surface area contributed by atoms with Crippen LogP contribution in [0.4, 0.5) is 0 Å². The third kappa shape index (κ3) is 3.64. The zero-order valence-electron chi connectivity index (χ0n) is 13.9. The Morgan fingerprint density at radius 3 is 2.08 bits per heavy atom. The first-order chi connectivity index (χ1) is 12.0. The summed E-state index contributed by atoms with van der Waals surface area (Å²) in [6, 6.07) is 19.4. The summed E-state index contributed by atoms with van der Waals surface area (Å²) in [7, 11) is 0. The minimum Gasteiger partial charge on any atom is -0.318 e. The highest BCUT2D eigenvalue weighted by Gasteiger charge is 2.11. The van der Waals surface area contributed by atoms with Crippen LogP contribution in [0.15, 0.2) is 54.6 Å². The first-order valence-corrected chi connectivity index (χ1v) is 8.58. The molecule has 4 heteroatoms. The molecule has 1 aromatic heterocycles. The van der Waals surface area contributed by atoms with Gasteiger partial charge in [-0.1, -0.05) is 35.3 Å². The molecule has 0 amide bonds.